The molecule has 30 heavy (non-hydrogen) atoms. The Morgan fingerprint density at radius 1 is 1.07 bits per heavy atom. The van der Waals surface area contributed by atoms with Gasteiger partial charge in [-0.25, -0.2) is 4.39 Å². The van der Waals surface area contributed by atoms with Crippen LogP contribution >= 0.6 is 11.8 Å². The third-order valence-corrected chi connectivity index (χ3v) is 6.02. The number of nitrogens with zero attached hydrogens (tertiary/aromatic N) is 7. The first-order valence-electron chi connectivity index (χ1n) is 10.0. The molecular weight excluding hydrogens is 405 g/mol. The molecule has 3 N–H and O–H groups in total. The van der Waals surface area contributed by atoms with Crippen LogP contribution in [0.4, 0.5) is 27.9 Å². The van der Waals surface area contributed by atoms with E-state index in [1.165, 1.54) is 25.0 Å². The molecule has 156 valence electrons. The summed E-state index contributed by atoms with van der Waals surface area (Å²) >= 11 is 1.55. The van der Waals surface area contributed by atoms with E-state index in [0.717, 1.165) is 37.0 Å². The molecule has 3 aromatic rings. The molecule has 0 atom stereocenters. The highest BCUT2D eigenvalue weighted by Crippen LogP contribution is 2.41. The summed E-state index contributed by atoms with van der Waals surface area (Å²) in [6.07, 6.45) is 4.73. The van der Waals surface area contributed by atoms with Crippen molar-refractivity contribution >= 4 is 35.3 Å². The fraction of sp³-hybridized carbons (Fsp3) is 0.421. The van der Waals surface area contributed by atoms with Gasteiger partial charge < -0.3 is 16.0 Å². The normalized spacial score (nSPS) is 16.2. The second kappa shape index (κ2) is 8.05. The summed E-state index contributed by atoms with van der Waals surface area (Å²) in [7, 11) is 0. The van der Waals surface area contributed by atoms with Crippen LogP contribution in [0.1, 0.15) is 37.5 Å². The van der Waals surface area contributed by atoms with Crippen molar-refractivity contribution in [2.45, 2.75) is 42.6 Å². The van der Waals surface area contributed by atoms with E-state index >= 15 is 0 Å². The average molecular weight is 428 g/mol. The molecule has 0 amide bonds. The molecule has 3 heterocycles. The lowest BCUT2D eigenvalue weighted by Gasteiger charge is -2.17. The highest BCUT2D eigenvalue weighted by molar-refractivity contribution is 7.98. The molecule has 0 unspecified atom stereocenters. The highest BCUT2D eigenvalue weighted by Gasteiger charge is 2.32. The minimum Gasteiger partial charge on any atom is -0.368 e. The van der Waals surface area contributed by atoms with Crippen LogP contribution < -0.4 is 16.0 Å². The Hall–Kier alpha value is -2.95. The Kier molecular flexibility index (Phi) is 5.11. The molecule has 1 saturated heterocycles. The molecule has 0 bridgehead atoms. The summed E-state index contributed by atoms with van der Waals surface area (Å²) in [6.45, 7) is 2.08. The number of hydrogen-bond acceptors (Lipinski definition) is 9. The predicted molar refractivity (Wildman–Crippen MR) is 113 cm³/mol. The SMILES string of the molecule is Nc1nc(CSc2nnc(N3CCCC3)n2C2CC2)nc(Nc2ccc(F)cc2)n1. The van der Waals surface area contributed by atoms with E-state index in [1.807, 2.05) is 0 Å². The molecule has 2 aliphatic rings. The third-order valence-electron chi connectivity index (χ3n) is 5.08. The third kappa shape index (κ3) is 4.16. The first-order chi connectivity index (χ1) is 14.7. The quantitative estimate of drug-likeness (QED) is 0.549. The monoisotopic (exact) mass is 427 g/mol. The molecule has 11 heteroatoms. The van der Waals surface area contributed by atoms with Gasteiger partial charge in [0.05, 0.1) is 5.75 Å². The summed E-state index contributed by atoms with van der Waals surface area (Å²) in [5.41, 5.74) is 6.54. The van der Waals surface area contributed by atoms with Crippen LogP contribution in [0.15, 0.2) is 29.4 Å². The minimum atomic E-state index is -0.305. The Morgan fingerprint density at radius 2 is 1.83 bits per heavy atom. The smallest absolute Gasteiger partial charge is 0.232 e. The van der Waals surface area contributed by atoms with Gasteiger partial charge in [0.25, 0.3) is 0 Å². The maximum absolute atomic E-state index is 13.1. The van der Waals surface area contributed by atoms with Gasteiger partial charge in [-0.1, -0.05) is 11.8 Å². The van der Waals surface area contributed by atoms with Crippen LogP contribution in [0.5, 0.6) is 0 Å². The van der Waals surface area contributed by atoms with E-state index < -0.39 is 0 Å². The van der Waals surface area contributed by atoms with Crippen molar-refractivity contribution in [3.8, 4) is 0 Å². The number of anilines is 4. The molecule has 9 nitrogen and oxygen atoms in total. The van der Waals surface area contributed by atoms with E-state index in [1.54, 1.807) is 23.9 Å². The van der Waals surface area contributed by atoms with E-state index in [9.17, 15) is 4.39 Å². The zero-order valence-corrected chi connectivity index (χ0v) is 17.1. The van der Waals surface area contributed by atoms with E-state index in [0.29, 0.717) is 29.3 Å². The second-order valence-electron chi connectivity index (χ2n) is 7.43. The maximum Gasteiger partial charge on any atom is 0.232 e. The Morgan fingerprint density at radius 3 is 2.57 bits per heavy atom. The van der Waals surface area contributed by atoms with Crippen molar-refractivity contribution in [1.29, 1.82) is 0 Å². The molecule has 1 aliphatic heterocycles. The molecule has 1 aromatic carbocycles. The van der Waals surface area contributed by atoms with Gasteiger partial charge in [0.1, 0.15) is 11.6 Å². The van der Waals surface area contributed by atoms with Crippen molar-refractivity contribution in [3.63, 3.8) is 0 Å². The second-order valence-corrected chi connectivity index (χ2v) is 8.37. The van der Waals surface area contributed by atoms with Gasteiger partial charge in [0.15, 0.2) is 5.16 Å². The fourth-order valence-electron chi connectivity index (χ4n) is 3.50. The van der Waals surface area contributed by atoms with Crippen LogP contribution in [-0.2, 0) is 5.75 Å². The number of hydrogen-bond donors (Lipinski definition) is 2. The van der Waals surface area contributed by atoms with Gasteiger partial charge in [-0.3, -0.25) is 4.57 Å². The van der Waals surface area contributed by atoms with E-state index in [2.05, 4.69) is 39.9 Å². The van der Waals surface area contributed by atoms with Gasteiger partial charge >= 0.3 is 0 Å². The maximum atomic E-state index is 13.1. The van der Waals surface area contributed by atoms with E-state index in [4.69, 9.17) is 5.73 Å². The molecule has 5 rings (SSSR count). The number of aromatic nitrogens is 6. The average Bonchev–Trinajstić information content (AvgIpc) is 3.24. The zero-order valence-electron chi connectivity index (χ0n) is 16.3. The summed E-state index contributed by atoms with van der Waals surface area (Å²) in [5.74, 6) is 2.17. The first kappa shape index (κ1) is 19.0. The van der Waals surface area contributed by atoms with Crippen LogP contribution in [-0.4, -0.2) is 42.8 Å². The Bertz CT molecular complexity index is 1030. The molecule has 1 aliphatic carbocycles. The van der Waals surface area contributed by atoms with Crippen LogP contribution in [0.3, 0.4) is 0 Å². The van der Waals surface area contributed by atoms with Crippen molar-refractivity contribution in [2.75, 3.05) is 29.0 Å². The van der Waals surface area contributed by atoms with Crippen molar-refractivity contribution in [2.24, 2.45) is 0 Å². The summed E-state index contributed by atoms with van der Waals surface area (Å²) in [5, 5.41) is 12.8. The number of nitrogens with one attached hydrogen (secondary N) is 1. The highest BCUT2D eigenvalue weighted by atomic mass is 32.2. The Balaban J connectivity index is 1.32. The van der Waals surface area contributed by atoms with Gasteiger partial charge in [-0.2, -0.15) is 15.0 Å². The van der Waals surface area contributed by atoms with Crippen LogP contribution in [0, 0.1) is 5.82 Å². The van der Waals surface area contributed by atoms with Crippen molar-refractivity contribution in [3.05, 3.63) is 35.9 Å². The molecule has 2 fully saturated rings. The lowest BCUT2D eigenvalue weighted by atomic mass is 10.3. The molecular formula is C19H22FN9S. The van der Waals surface area contributed by atoms with Crippen molar-refractivity contribution in [1.82, 2.24) is 29.7 Å². The molecule has 2 aromatic heterocycles. The molecule has 0 spiro atoms. The number of benzene rings is 1. The Labute approximate surface area is 177 Å². The van der Waals surface area contributed by atoms with Gasteiger partial charge in [-0.05, 0) is 49.9 Å². The first-order valence-corrected chi connectivity index (χ1v) is 11.0. The molecule has 1 saturated carbocycles. The lowest BCUT2D eigenvalue weighted by Crippen LogP contribution is -2.22. The fourth-order valence-corrected chi connectivity index (χ4v) is 4.36. The summed E-state index contributed by atoms with van der Waals surface area (Å²) in [4.78, 5) is 15.1. The zero-order chi connectivity index (χ0) is 20.5. The van der Waals surface area contributed by atoms with Gasteiger partial charge in [0.2, 0.25) is 17.8 Å². The number of nitrogens with two attached hydrogens (primary N) is 1. The van der Waals surface area contributed by atoms with Gasteiger partial charge in [-0.15, -0.1) is 10.2 Å². The standard InChI is InChI=1S/C19H22FN9S/c20-12-3-5-13(6-4-12)22-17-24-15(23-16(21)25-17)11-30-19-27-26-18(28-9-1-2-10-28)29(19)14-7-8-14/h3-6,14H,1-2,7-11H2,(H3,21,22,23,24,25). The summed E-state index contributed by atoms with van der Waals surface area (Å²) in [6, 6.07) is 6.44. The van der Waals surface area contributed by atoms with Crippen LogP contribution in [0.2, 0.25) is 0 Å². The van der Waals surface area contributed by atoms with Crippen LogP contribution in [0.25, 0.3) is 0 Å². The lowest BCUT2D eigenvalue weighted by molar-refractivity contribution is 0.628. The number of rotatable bonds is 7. The number of thioether (sulfide) groups is 1. The predicted octanol–water partition coefficient (Wildman–Crippen LogP) is 3.16. The van der Waals surface area contributed by atoms with E-state index in [-0.39, 0.29) is 11.8 Å². The van der Waals surface area contributed by atoms with Crippen molar-refractivity contribution < 1.29 is 4.39 Å². The molecule has 0 radical (unpaired) electrons. The largest absolute Gasteiger partial charge is 0.368 e. The topological polar surface area (TPSA) is 111 Å². The summed E-state index contributed by atoms with van der Waals surface area (Å²) < 4.78 is 15.4. The number of nitrogen functional groups attached to an aromatic ring is 1. The number of halogens is 1. The van der Waals surface area contributed by atoms with Gasteiger partial charge in [0, 0.05) is 24.8 Å². The minimum absolute atomic E-state index is 0.131.